The van der Waals surface area contributed by atoms with Gasteiger partial charge in [-0.1, -0.05) is 33.8 Å². The summed E-state index contributed by atoms with van der Waals surface area (Å²) in [4.78, 5) is 0. The molecular formula is C12H18N. The molecule has 2 N–H and O–H groups in total. The third-order valence-corrected chi connectivity index (χ3v) is 2.22. The molecule has 1 nitrogen and oxygen atoms in total. The average Bonchev–Trinajstić information content (AvgIpc) is 2.03. The predicted molar refractivity (Wildman–Crippen MR) is 58.6 cm³/mol. The van der Waals surface area contributed by atoms with Gasteiger partial charge in [-0.15, -0.1) is 0 Å². The molecule has 0 fully saturated rings. The van der Waals surface area contributed by atoms with Crippen LogP contribution in [-0.2, 0) is 0 Å². The van der Waals surface area contributed by atoms with Crippen LogP contribution in [0.25, 0.3) is 0 Å². The van der Waals surface area contributed by atoms with Crippen LogP contribution in [0.3, 0.4) is 0 Å². The highest BCUT2D eigenvalue weighted by atomic mass is 14.5. The number of rotatable bonds is 2. The molecule has 13 heavy (non-hydrogen) atoms. The van der Waals surface area contributed by atoms with Crippen molar-refractivity contribution in [3.8, 4) is 0 Å². The van der Waals surface area contributed by atoms with Crippen molar-refractivity contribution in [3.63, 3.8) is 0 Å². The Bertz CT molecular complexity index is 261. The number of hydrogen-bond acceptors (Lipinski definition) is 1. The summed E-state index contributed by atoms with van der Waals surface area (Å²) < 4.78 is 0. The van der Waals surface area contributed by atoms with E-state index >= 15 is 0 Å². The second-order valence-corrected chi connectivity index (χ2v) is 4.04. The van der Waals surface area contributed by atoms with Gasteiger partial charge in [0, 0.05) is 5.69 Å². The van der Waals surface area contributed by atoms with Crippen molar-refractivity contribution in [3.05, 3.63) is 35.2 Å². The van der Waals surface area contributed by atoms with E-state index in [1.807, 2.05) is 6.07 Å². The summed E-state index contributed by atoms with van der Waals surface area (Å²) in [5.74, 6) is 1.86. The Morgan fingerprint density at radius 3 is 2.23 bits per heavy atom. The summed E-state index contributed by atoms with van der Waals surface area (Å²) in [7, 11) is 0. The fourth-order valence-electron chi connectivity index (χ4n) is 1.30. The molecule has 0 heterocycles. The Kier molecular flexibility index (Phi) is 2.97. The van der Waals surface area contributed by atoms with Gasteiger partial charge in [-0.25, -0.2) is 0 Å². The number of nitrogen functional groups attached to an aromatic ring is 1. The lowest BCUT2D eigenvalue weighted by molar-refractivity contribution is 0.864. The number of anilines is 1. The minimum Gasteiger partial charge on any atom is -0.399 e. The summed E-state index contributed by atoms with van der Waals surface area (Å²) >= 11 is 0. The van der Waals surface area contributed by atoms with Gasteiger partial charge in [0.05, 0.1) is 0 Å². The van der Waals surface area contributed by atoms with E-state index in [4.69, 9.17) is 5.73 Å². The van der Waals surface area contributed by atoms with Crippen molar-refractivity contribution in [2.45, 2.75) is 33.6 Å². The Hall–Kier alpha value is -0.980. The molecule has 1 rings (SSSR count). The van der Waals surface area contributed by atoms with Crippen LogP contribution in [0.5, 0.6) is 0 Å². The summed E-state index contributed by atoms with van der Waals surface area (Å²) in [5, 5.41) is 0. The average molecular weight is 176 g/mol. The van der Waals surface area contributed by atoms with Crippen molar-refractivity contribution in [1.82, 2.24) is 0 Å². The highest BCUT2D eigenvalue weighted by Gasteiger charge is 2.05. The normalized spacial score (nSPS) is 11.2. The van der Waals surface area contributed by atoms with Crippen molar-refractivity contribution in [2.24, 2.45) is 0 Å². The standard InChI is InChI=1S/C12H18N/c1-8(2)10-5-11(9(3)4)7-12(13)6-10/h5-8H,13H2,1-4H3. The molecule has 1 radical (unpaired) electrons. The molecule has 1 aromatic rings. The van der Waals surface area contributed by atoms with Gasteiger partial charge in [0.2, 0.25) is 0 Å². The van der Waals surface area contributed by atoms with Gasteiger partial charge in [0.15, 0.2) is 0 Å². The SMILES string of the molecule is C[C](C)c1cc(N)cc(C(C)C)c1. The molecule has 0 aliphatic carbocycles. The number of hydrogen-bond donors (Lipinski definition) is 1. The van der Waals surface area contributed by atoms with Crippen LogP contribution >= 0.6 is 0 Å². The maximum Gasteiger partial charge on any atom is 0.0319 e. The second kappa shape index (κ2) is 3.82. The van der Waals surface area contributed by atoms with Gasteiger partial charge in [0.1, 0.15) is 0 Å². The lowest BCUT2D eigenvalue weighted by Gasteiger charge is -2.11. The smallest absolute Gasteiger partial charge is 0.0319 e. The van der Waals surface area contributed by atoms with Crippen molar-refractivity contribution < 1.29 is 0 Å². The van der Waals surface area contributed by atoms with E-state index in [9.17, 15) is 0 Å². The lowest BCUT2D eigenvalue weighted by Crippen LogP contribution is -1.97. The van der Waals surface area contributed by atoms with E-state index in [1.54, 1.807) is 0 Å². The molecule has 0 spiro atoms. The molecule has 1 heteroatoms. The van der Waals surface area contributed by atoms with Gasteiger partial charge in [0.25, 0.3) is 0 Å². The van der Waals surface area contributed by atoms with Crippen LogP contribution in [0.15, 0.2) is 18.2 Å². The molecule has 0 atom stereocenters. The molecule has 1 aromatic carbocycles. The Labute approximate surface area is 81.0 Å². The molecule has 0 bridgehead atoms. The van der Waals surface area contributed by atoms with Crippen molar-refractivity contribution in [2.75, 3.05) is 5.73 Å². The Morgan fingerprint density at radius 2 is 1.77 bits per heavy atom. The molecular weight excluding hydrogens is 158 g/mol. The lowest BCUT2D eigenvalue weighted by atomic mass is 9.95. The quantitative estimate of drug-likeness (QED) is 0.687. The van der Waals surface area contributed by atoms with Gasteiger partial charge in [-0.3, -0.25) is 0 Å². The van der Waals surface area contributed by atoms with E-state index in [0.29, 0.717) is 5.92 Å². The van der Waals surface area contributed by atoms with Gasteiger partial charge in [-0.2, -0.15) is 0 Å². The van der Waals surface area contributed by atoms with E-state index in [2.05, 4.69) is 39.8 Å². The maximum absolute atomic E-state index is 5.82. The predicted octanol–water partition coefficient (Wildman–Crippen LogP) is 3.35. The van der Waals surface area contributed by atoms with Crippen molar-refractivity contribution >= 4 is 5.69 Å². The van der Waals surface area contributed by atoms with Crippen LogP contribution in [-0.4, -0.2) is 0 Å². The number of nitrogens with two attached hydrogens (primary N) is 1. The molecule has 0 saturated heterocycles. The maximum atomic E-state index is 5.82. The number of benzene rings is 1. The third-order valence-electron chi connectivity index (χ3n) is 2.22. The van der Waals surface area contributed by atoms with Crippen LogP contribution in [0.4, 0.5) is 5.69 Å². The molecule has 0 aliphatic rings. The first-order valence-corrected chi connectivity index (χ1v) is 4.71. The van der Waals surface area contributed by atoms with Crippen molar-refractivity contribution in [1.29, 1.82) is 0 Å². The van der Waals surface area contributed by atoms with E-state index < -0.39 is 0 Å². The van der Waals surface area contributed by atoms with Crippen LogP contribution in [0.2, 0.25) is 0 Å². The highest BCUT2D eigenvalue weighted by molar-refractivity contribution is 5.49. The molecule has 0 aliphatic heterocycles. The Balaban J connectivity index is 3.11. The molecule has 0 amide bonds. The zero-order valence-corrected chi connectivity index (χ0v) is 8.89. The minimum absolute atomic E-state index is 0.543. The van der Waals surface area contributed by atoms with Crippen LogP contribution in [0, 0.1) is 5.92 Å². The Morgan fingerprint density at radius 1 is 1.15 bits per heavy atom. The first kappa shape index (κ1) is 10.1. The zero-order chi connectivity index (χ0) is 10.0. The topological polar surface area (TPSA) is 26.0 Å². The van der Waals surface area contributed by atoms with Crippen LogP contribution in [0.1, 0.15) is 44.7 Å². The van der Waals surface area contributed by atoms with E-state index in [0.717, 1.165) is 5.69 Å². The van der Waals surface area contributed by atoms with Gasteiger partial charge >= 0.3 is 0 Å². The molecule has 0 aromatic heterocycles. The first-order chi connectivity index (χ1) is 6.00. The van der Waals surface area contributed by atoms with Crippen LogP contribution < -0.4 is 5.73 Å². The molecule has 71 valence electrons. The summed E-state index contributed by atoms with van der Waals surface area (Å²) in [6, 6.07) is 6.30. The second-order valence-electron chi connectivity index (χ2n) is 4.04. The summed E-state index contributed by atoms with van der Waals surface area (Å²) in [6.07, 6.45) is 0. The molecule has 0 saturated carbocycles. The van der Waals surface area contributed by atoms with Gasteiger partial charge in [-0.05, 0) is 35.1 Å². The fraction of sp³-hybridized carbons (Fsp3) is 0.417. The highest BCUT2D eigenvalue weighted by Crippen LogP contribution is 2.23. The van der Waals surface area contributed by atoms with E-state index in [1.165, 1.54) is 17.0 Å². The first-order valence-electron chi connectivity index (χ1n) is 4.71. The third kappa shape index (κ3) is 2.48. The summed E-state index contributed by atoms with van der Waals surface area (Å²) in [5.41, 5.74) is 9.25. The fourth-order valence-corrected chi connectivity index (χ4v) is 1.30. The van der Waals surface area contributed by atoms with E-state index in [-0.39, 0.29) is 0 Å². The largest absolute Gasteiger partial charge is 0.399 e. The summed E-state index contributed by atoms with van der Waals surface area (Å²) in [6.45, 7) is 8.59. The minimum atomic E-state index is 0.543. The molecule has 0 unspecified atom stereocenters. The monoisotopic (exact) mass is 176 g/mol. The van der Waals surface area contributed by atoms with Gasteiger partial charge < -0.3 is 5.73 Å². The zero-order valence-electron chi connectivity index (χ0n) is 8.89.